The SMILES string of the molecule is Cc1nc2cc(NC(=O)c3cccnc3Oc3ccccc3)ccc2o1. The molecule has 1 amide bonds. The molecule has 0 bridgehead atoms. The van der Waals surface area contributed by atoms with E-state index in [1.165, 1.54) is 0 Å². The average molecular weight is 345 g/mol. The molecule has 6 nitrogen and oxygen atoms in total. The molecule has 2 heterocycles. The minimum Gasteiger partial charge on any atom is -0.441 e. The van der Waals surface area contributed by atoms with E-state index in [0.29, 0.717) is 34.0 Å². The van der Waals surface area contributed by atoms with Gasteiger partial charge >= 0.3 is 0 Å². The maximum Gasteiger partial charge on any atom is 0.261 e. The van der Waals surface area contributed by atoms with Gasteiger partial charge in [-0.15, -0.1) is 0 Å². The summed E-state index contributed by atoms with van der Waals surface area (Å²) in [5, 5.41) is 2.85. The highest BCUT2D eigenvalue weighted by Crippen LogP contribution is 2.24. The predicted molar refractivity (Wildman–Crippen MR) is 97.5 cm³/mol. The van der Waals surface area contributed by atoms with Crippen LogP contribution in [0.15, 0.2) is 71.3 Å². The fourth-order valence-electron chi connectivity index (χ4n) is 2.56. The number of ether oxygens (including phenoxy) is 1. The predicted octanol–water partition coefficient (Wildman–Crippen LogP) is 4.58. The molecule has 0 saturated carbocycles. The summed E-state index contributed by atoms with van der Waals surface area (Å²) in [4.78, 5) is 21.1. The first-order chi connectivity index (χ1) is 12.7. The third kappa shape index (κ3) is 3.25. The lowest BCUT2D eigenvalue weighted by Gasteiger charge is -2.10. The number of benzene rings is 2. The lowest BCUT2D eigenvalue weighted by Crippen LogP contribution is -2.13. The minimum atomic E-state index is -0.316. The van der Waals surface area contributed by atoms with Crippen LogP contribution in [0.3, 0.4) is 0 Å². The van der Waals surface area contributed by atoms with E-state index in [4.69, 9.17) is 9.15 Å². The number of nitrogens with zero attached hydrogens (tertiary/aromatic N) is 2. The molecule has 0 aliphatic carbocycles. The van der Waals surface area contributed by atoms with Crippen molar-refractivity contribution in [3.05, 3.63) is 78.3 Å². The Hall–Kier alpha value is -3.67. The summed E-state index contributed by atoms with van der Waals surface area (Å²) in [5.41, 5.74) is 2.32. The molecule has 0 radical (unpaired) electrons. The minimum absolute atomic E-state index is 0.245. The molecule has 2 aromatic carbocycles. The Morgan fingerprint density at radius 3 is 2.77 bits per heavy atom. The van der Waals surface area contributed by atoms with E-state index in [0.717, 1.165) is 0 Å². The van der Waals surface area contributed by atoms with E-state index in [2.05, 4.69) is 15.3 Å². The number of fused-ring (bicyclic) bond motifs is 1. The first-order valence-electron chi connectivity index (χ1n) is 8.05. The fraction of sp³-hybridized carbons (Fsp3) is 0.0500. The van der Waals surface area contributed by atoms with Crippen molar-refractivity contribution in [3.8, 4) is 11.6 Å². The topological polar surface area (TPSA) is 77.2 Å². The molecular formula is C20H15N3O3. The van der Waals surface area contributed by atoms with Gasteiger partial charge in [0.2, 0.25) is 5.88 Å². The van der Waals surface area contributed by atoms with E-state index in [1.807, 2.05) is 18.2 Å². The van der Waals surface area contributed by atoms with Crippen molar-refractivity contribution in [3.63, 3.8) is 0 Å². The second kappa shape index (κ2) is 6.68. The summed E-state index contributed by atoms with van der Waals surface area (Å²) in [6.45, 7) is 1.78. The Bertz CT molecular complexity index is 1070. The summed E-state index contributed by atoms with van der Waals surface area (Å²) in [6, 6.07) is 17.9. The van der Waals surface area contributed by atoms with Crippen molar-refractivity contribution >= 4 is 22.7 Å². The molecule has 1 N–H and O–H groups in total. The van der Waals surface area contributed by atoms with Gasteiger partial charge in [-0.1, -0.05) is 18.2 Å². The molecule has 0 unspecified atom stereocenters. The van der Waals surface area contributed by atoms with E-state index < -0.39 is 0 Å². The number of rotatable bonds is 4. The first-order valence-corrected chi connectivity index (χ1v) is 8.05. The summed E-state index contributed by atoms with van der Waals surface area (Å²) in [6.07, 6.45) is 1.58. The van der Waals surface area contributed by atoms with Gasteiger partial charge in [0.1, 0.15) is 16.8 Å². The van der Waals surface area contributed by atoms with Crippen molar-refractivity contribution in [2.45, 2.75) is 6.92 Å². The van der Waals surface area contributed by atoms with E-state index in [-0.39, 0.29) is 11.8 Å². The van der Waals surface area contributed by atoms with Gasteiger partial charge in [-0.2, -0.15) is 0 Å². The number of nitrogens with one attached hydrogen (secondary N) is 1. The molecule has 26 heavy (non-hydrogen) atoms. The van der Waals surface area contributed by atoms with Crippen LogP contribution in [-0.2, 0) is 0 Å². The number of pyridine rings is 1. The molecule has 128 valence electrons. The van der Waals surface area contributed by atoms with Crippen LogP contribution < -0.4 is 10.1 Å². The summed E-state index contributed by atoms with van der Waals surface area (Å²) < 4.78 is 11.2. The molecule has 4 aromatic rings. The van der Waals surface area contributed by atoms with Crippen LogP contribution in [0, 0.1) is 6.92 Å². The molecular weight excluding hydrogens is 330 g/mol. The summed E-state index contributed by atoms with van der Waals surface area (Å²) in [5.74, 6) is 1.12. The van der Waals surface area contributed by atoms with Crippen LogP contribution in [0.4, 0.5) is 5.69 Å². The highest BCUT2D eigenvalue weighted by Gasteiger charge is 2.15. The van der Waals surface area contributed by atoms with Crippen molar-refractivity contribution in [2.75, 3.05) is 5.32 Å². The molecule has 0 aliphatic rings. The number of anilines is 1. The average Bonchev–Trinajstić information content (AvgIpc) is 3.02. The number of oxazole rings is 1. The summed E-state index contributed by atoms with van der Waals surface area (Å²) >= 11 is 0. The number of hydrogen-bond donors (Lipinski definition) is 1. The summed E-state index contributed by atoms with van der Waals surface area (Å²) in [7, 11) is 0. The van der Waals surface area contributed by atoms with Gasteiger partial charge in [0.05, 0.1) is 0 Å². The van der Waals surface area contributed by atoms with Crippen LogP contribution in [0.2, 0.25) is 0 Å². The van der Waals surface area contributed by atoms with Crippen LogP contribution in [0.1, 0.15) is 16.2 Å². The zero-order valence-electron chi connectivity index (χ0n) is 14.0. The van der Waals surface area contributed by atoms with Crippen molar-refractivity contribution in [1.82, 2.24) is 9.97 Å². The van der Waals surface area contributed by atoms with E-state index in [9.17, 15) is 4.79 Å². The Balaban J connectivity index is 1.59. The maximum atomic E-state index is 12.7. The fourth-order valence-corrected chi connectivity index (χ4v) is 2.56. The van der Waals surface area contributed by atoms with Gasteiger partial charge in [-0.05, 0) is 42.5 Å². The first kappa shape index (κ1) is 15.8. The highest BCUT2D eigenvalue weighted by atomic mass is 16.5. The van der Waals surface area contributed by atoms with Gasteiger partial charge in [0.25, 0.3) is 5.91 Å². The molecule has 0 spiro atoms. The number of aromatic nitrogens is 2. The molecule has 0 aliphatic heterocycles. The van der Waals surface area contributed by atoms with Crippen LogP contribution >= 0.6 is 0 Å². The van der Waals surface area contributed by atoms with E-state index >= 15 is 0 Å². The third-order valence-corrected chi connectivity index (χ3v) is 3.73. The molecule has 4 rings (SSSR count). The van der Waals surface area contributed by atoms with Crippen LogP contribution in [-0.4, -0.2) is 15.9 Å². The number of hydrogen-bond acceptors (Lipinski definition) is 5. The number of para-hydroxylation sites is 1. The van der Waals surface area contributed by atoms with Crippen LogP contribution in [0.5, 0.6) is 11.6 Å². The second-order valence-corrected chi connectivity index (χ2v) is 5.64. The molecule has 0 saturated heterocycles. The maximum absolute atomic E-state index is 12.7. The Labute approximate surface area is 149 Å². The standard InChI is InChI=1S/C20H15N3O3/c1-13-22-17-12-14(9-10-18(17)25-13)23-19(24)16-8-5-11-21-20(16)26-15-6-3-2-4-7-15/h2-12H,1H3,(H,23,24). The monoisotopic (exact) mass is 345 g/mol. The van der Waals surface area contributed by atoms with Gasteiger partial charge < -0.3 is 14.5 Å². The van der Waals surface area contributed by atoms with Gasteiger partial charge in [0.15, 0.2) is 11.5 Å². The van der Waals surface area contributed by atoms with Crippen molar-refractivity contribution in [1.29, 1.82) is 0 Å². The van der Waals surface area contributed by atoms with Crippen LogP contribution in [0.25, 0.3) is 11.1 Å². The van der Waals surface area contributed by atoms with E-state index in [1.54, 1.807) is 55.6 Å². The Kier molecular flexibility index (Phi) is 4.07. The lowest BCUT2D eigenvalue weighted by atomic mass is 10.2. The zero-order valence-corrected chi connectivity index (χ0v) is 14.0. The highest BCUT2D eigenvalue weighted by molar-refractivity contribution is 6.06. The largest absolute Gasteiger partial charge is 0.441 e. The van der Waals surface area contributed by atoms with Gasteiger partial charge in [-0.25, -0.2) is 9.97 Å². The van der Waals surface area contributed by atoms with Gasteiger partial charge in [-0.3, -0.25) is 4.79 Å². The second-order valence-electron chi connectivity index (χ2n) is 5.64. The van der Waals surface area contributed by atoms with Crippen molar-refractivity contribution in [2.24, 2.45) is 0 Å². The van der Waals surface area contributed by atoms with Gasteiger partial charge in [0, 0.05) is 18.8 Å². The third-order valence-electron chi connectivity index (χ3n) is 3.73. The lowest BCUT2D eigenvalue weighted by molar-refractivity contribution is 0.102. The quantitative estimate of drug-likeness (QED) is 0.586. The number of carbonyl (C=O) groups is 1. The molecule has 0 fully saturated rings. The number of carbonyl (C=O) groups excluding carboxylic acids is 1. The Morgan fingerprint density at radius 2 is 1.92 bits per heavy atom. The van der Waals surface area contributed by atoms with Crippen molar-refractivity contribution < 1.29 is 13.9 Å². The Morgan fingerprint density at radius 1 is 1.08 bits per heavy atom. The number of amides is 1. The smallest absolute Gasteiger partial charge is 0.261 e. The zero-order chi connectivity index (χ0) is 17.9. The molecule has 6 heteroatoms. The molecule has 0 atom stereocenters. The normalized spacial score (nSPS) is 10.7. The number of aryl methyl sites for hydroxylation is 1. The molecule has 2 aromatic heterocycles.